The molecule has 8 nitrogen and oxygen atoms in total. The monoisotopic (exact) mass is 452 g/mol. The average Bonchev–Trinajstić information content (AvgIpc) is 2.71. The van der Waals surface area contributed by atoms with E-state index < -0.39 is 26.6 Å². The molecule has 0 radical (unpaired) electrons. The van der Waals surface area contributed by atoms with Crippen LogP contribution in [-0.2, 0) is 22.6 Å². The number of nitro benzene ring substituents is 1. The third-order valence-electron chi connectivity index (χ3n) is 4.19. The van der Waals surface area contributed by atoms with Crippen LogP contribution < -0.4 is 5.32 Å². The zero-order chi connectivity index (χ0) is 22.8. The predicted octanol–water partition coefficient (Wildman–Crippen LogP) is 4.09. The molecule has 12 heteroatoms. The highest BCUT2D eigenvalue weighted by Gasteiger charge is 2.33. The number of alkyl halides is 3. The van der Waals surface area contributed by atoms with E-state index in [9.17, 15) is 31.7 Å². The Morgan fingerprint density at radius 1 is 1.03 bits per heavy atom. The van der Waals surface area contributed by atoms with Crippen LogP contribution in [0.5, 0.6) is 0 Å². The summed E-state index contributed by atoms with van der Waals surface area (Å²) in [6.07, 6.45) is -3.71. The average molecular weight is 452 g/mol. The number of non-ortho nitro benzene ring substituents is 1. The fourth-order valence-electron chi connectivity index (χ4n) is 2.61. The zero-order valence-electron chi connectivity index (χ0n) is 15.9. The lowest BCUT2D eigenvalue weighted by molar-refractivity contribution is -0.384. The molecule has 0 saturated heterocycles. The first-order valence-corrected chi connectivity index (χ1v) is 10.6. The van der Waals surface area contributed by atoms with Gasteiger partial charge in [0.25, 0.3) is 5.69 Å². The number of aromatic nitrogens is 2. The molecule has 0 atom stereocenters. The smallest absolute Gasteiger partial charge is 0.350 e. The second-order valence-electron chi connectivity index (χ2n) is 6.53. The van der Waals surface area contributed by atoms with E-state index in [1.807, 2.05) is 0 Å². The maximum atomic E-state index is 13.3. The van der Waals surface area contributed by atoms with Gasteiger partial charge >= 0.3 is 6.18 Å². The summed E-state index contributed by atoms with van der Waals surface area (Å²) in [5.74, 6) is -0.296. The van der Waals surface area contributed by atoms with E-state index >= 15 is 0 Å². The molecular formula is C19H15F3N4O4S. The van der Waals surface area contributed by atoms with Crippen molar-refractivity contribution < 1.29 is 26.5 Å². The number of nitro groups is 1. The summed E-state index contributed by atoms with van der Waals surface area (Å²) in [6, 6.07) is 11.5. The van der Waals surface area contributed by atoms with Gasteiger partial charge in [-0.15, -0.1) is 0 Å². The van der Waals surface area contributed by atoms with E-state index in [2.05, 4.69) is 15.3 Å². The van der Waals surface area contributed by atoms with Gasteiger partial charge in [-0.1, -0.05) is 24.3 Å². The first-order valence-electron chi connectivity index (χ1n) is 8.67. The van der Waals surface area contributed by atoms with E-state index in [4.69, 9.17) is 0 Å². The Bertz CT molecular complexity index is 1210. The van der Waals surface area contributed by atoms with Crippen molar-refractivity contribution in [3.05, 3.63) is 76.0 Å². The molecule has 0 bridgehead atoms. The van der Waals surface area contributed by atoms with E-state index in [1.54, 1.807) is 0 Å². The Labute approximate surface area is 174 Å². The summed E-state index contributed by atoms with van der Waals surface area (Å²) in [5.41, 5.74) is -0.479. The van der Waals surface area contributed by atoms with Gasteiger partial charge in [0.15, 0.2) is 15.5 Å². The summed E-state index contributed by atoms with van der Waals surface area (Å²) in [4.78, 5) is 17.8. The van der Waals surface area contributed by atoms with Gasteiger partial charge in [0, 0.05) is 30.5 Å². The lowest BCUT2D eigenvalue weighted by Crippen LogP contribution is -2.12. The lowest BCUT2D eigenvalue weighted by atomic mass is 10.1. The molecule has 0 unspecified atom stereocenters. The van der Waals surface area contributed by atoms with Crippen LogP contribution in [0.2, 0.25) is 0 Å². The lowest BCUT2D eigenvalue weighted by Gasteiger charge is -2.12. The van der Waals surface area contributed by atoms with Crippen molar-refractivity contribution in [2.75, 3.05) is 11.6 Å². The van der Waals surface area contributed by atoms with Crippen molar-refractivity contribution in [3.63, 3.8) is 0 Å². The van der Waals surface area contributed by atoms with Crippen LogP contribution in [0, 0.1) is 10.1 Å². The van der Waals surface area contributed by atoms with Crippen molar-refractivity contribution in [1.82, 2.24) is 9.97 Å². The van der Waals surface area contributed by atoms with E-state index in [0.717, 1.165) is 12.3 Å². The maximum absolute atomic E-state index is 13.3. The third kappa shape index (κ3) is 5.54. The summed E-state index contributed by atoms with van der Waals surface area (Å²) in [5, 5.41) is 13.4. The molecule has 162 valence electrons. The van der Waals surface area contributed by atoms with Gasteiger partial charge in [-0.05, 0) is 23.8 Å². The maximum Gasteiger partial charge on any atom is 0.433 e. The van der Waals surface area contributed by atoms with Crippen molar-refractivity contribution in [3.8, 4) is 11.3 Å². The number of sulfone groups is 1. The van der Waals surface area contributed by atoms with Crippen molar-refractivity contribution in [2.24, 2.45) is 0 Å². The zero-order valence-corrected chi connectivity index (χ0v) is 16.7. The van der Waals surface area contributed by atoms with Crippen LogP contribution in [0.15, 0.2) is 59.5 Å². The Hall–Kier alpha value is -3.54. The largest absolute Gasteiger partial charge is 0.433 e. The van der Waals surface area contributed by atoms with Gasteiger partial charge < -0.3 is 5.32 Å². The number of nitrogens with one attached hydrogen (secondary N) is 1. The molecule has 3 aromatic rings. The van der Waals surface area contributed by atoms with E-state index in [-0.39, 0.29) is 34.3 Å². The summed E-state index contributed by atoms with van der Waals surface area (Å²) in [7, 11) is -3.46. The Morgan fingerprint density at radius 3 is 2.16 bits per heavy atom. The molecule has 2 aromatic carbocycles. The van der Waals surface area contributed by atoms with Crippen LogP contribution in [0.4, 0.5) is 24.8 Å². The number of halogens is 3. The van der Waals surface area contributed by atoms with Crippen molar-refractivity contribution in [1.29, 1.82) is 0 Å². The van der Waals surface area contributed by atoms with Gasteiger partial charge in [-0.3, -0.25) is 10.1 Å². The standard InChI is InChI=1S/C19H15F3N4O4S/c1-31(29,30)15-8-4-13(5-9-15)16-10-17(19(20,21)22)25-18(24-16)23-11-12-2-6-14(7-3-12)26(27)28/h2-10H,11H2,1H3,(H,23,24,25). The highest BCUT2D eigenvalue weighted by atomic mass is 32.2. The molecule has 1 heterocycles. The summed E-state index contributed by atoms with van der Waals surface area (Å²) in [6.45, 7) is 0.0335. The molecule has 3 rings (SSSR count). The minimum absolute atomic E-state index is 0.0258. The fourth-order valence-corrected chi connectivity index (χ4v) is 3.24. The highest BCUT2D eigenvalue weighted by molar-refractivity contribution is 7.90. The van der Waals surface area contributed by atoms with Crippen molar-refractivity contribution in [2.45, 2.75) is 17.6 Å². The van der Waals surface area contributed by atoms with Crippen LogP contribution in [0.25, 0.3) is 11.3 Å². The van der Waals surface area contributed by atoms with Gasteiger partial charge in [-0.25, -0.2) is 18.4 Å². The minimum atomic E-state index is -4.73. The SMILES string of the molecule is CS(=O)(=O)c1ccc(-c2cc(C(F)(F)F)nc(NCc3ccc([N+](=O)[O-])cc3)n2)cc1. The number of hydrogen-bond acceptors (Lipinski definition) is 7. The first-order chi connectivity index (χ1) is 14.4. The second kappa shape index (κ2) is 8.30. The number of hydrogen-bond donors (Lipinski definition) is 1. The molecular weight excluding hydrogens is 437 g/mol. The quantitative estimate of drug-likeness (QED) is 0.442. The van der Waals surface area contributed by atoms with Gasteiger partial charge in [0.1, 0.15) is 0 Å². The molecule has 0 spiro atoms. The number of anilines is 1. The van der Waals surface area contributed by atoms with Crippen molar-refractivity contribution >= 4 is 21.5 Å². The van der Waals surface area contributed by atoms with Gasteiger partial charge in [0.2, 0.25) is 5.95 Å². The predicted molar refractivity (Wildman–Crippen MR) is 106 cm³/mol. The summed E-state index contributed by atoms with van der Waals surface area (Å²) < 4.78 is 63.1. The molecule has 0 aliphatic rings. The molecule has 0 aliphatic heterocycles. The van der Waals surface area contributed by atoms with Crippen LogP contribution in [0.3, 0.4) is 0 Å². The number of rotatable bonds is 6. The molecule has 0 saturated carbocycles. The highest BCUT2D eigenvalue weighted by Crippen LogP contribution is 2.31. The molecule has 1 N–H and O–H groups in total. The summed E-state index contributed by atoms with van der Waals surface area (Å²) >= 11 is 0. The molecule has 1 aromatic heterocycles. The molecule has 0 aliphatic carbocycles. The van der Waals surface area contributed by atoms with E-state index in [0.29, 0.717) is 5.56 Å². The molecule has 31 heavy (non-hydrogen) atoms. The normalized spacial score (nSPS) is 11.9. The third-order valence-corrected chi connectivity index (χ3v) is 5.32. The minimum Gasteiger partial charge on any atom is -0.350 e. The Balaban J connectivity index is 1.91. The topological polar surface area (TPSA) is 115 Å². The Kier molecular flexibility index (Phi) is 5.93. The fraction of sp³-hybridized carbons (Fsp3) is 0.158. The van der Waals surface area contributed by atoms with Gasteiger partial charge in [0.05, 0.1) is 15.5 Å². The Morgan fingerprint density at radius 2 is 1.65 bits per heavy atom. The van der Waals surface area contributed by atoms with Crippen LogP contribution in [0.1, 0.15) is 11.3 Å². The first kappa shape index (κ1) is 22.2. The van der Waals surface area contributed by atoms with Crippen LogP contribution in [-0.4, -0.2) is 29.6 Å². The second-order valence-corrected chi connectivity index (χ2v) is 8.55. The number of nitrogens with zero attached hydrogens (tertiary/aromatic N) is 3. The molecule has 0 fully saturated rings. The number of benzene rings is 2. The molecule has 0 amide bonds. The van der Waals surface area contributed by atoms with E-state index in [1.165, 1.54) is 48.5 Å². The van der Waals surface area contributed by atoms with Crippen LogP contribution >= 0.6 is 0 Å². The van der Waals surface area contributed by atoms with Gasteiger partial charge in [-0.2, -0.15) is 13.2 Å².